The van der Waals surface area contributed by atoms with Gasteiger partial charge in [0.25, 0.3) is 0 Å². The second-order valence-electron chi connectivity index (χ2n) is 5.39. The zero-order valence-corrected chi connectivity index (χ0v) is 12.4. The summed E-state index contributed by atoms with van der Waals surface area (Å²) in [4.78, 5) is 2.27. The van der Waals surface area contributed by atoms with Crippen molar-refractivity contribution in [3.8, 4) is 6.07 Å². The van der Waals surface area contributed by atoms with E-state index in [1.54, 1.807) is 0 Å². The number of nitrogens with zero attached hydrogens (tertiary/aromatic N) is 2. The highest BCUT2D eigenvalue weighted by atomic mass is 32.2. The number of rotatable bonds is 5. The number of sulfone groups is 1. The quantitative estimate of drug-likeness (QED) is 0.766. The molecule has 5 heteroatoms. The molecule has 4 nitrogen and oxygen atoms in total. The van der Waals surface area contributed by atoms with Crippen LogP contribution in [0.1, 0.15) is 39.5 Å². The predicted octanol–water partition coefficient (Wildman–Crippen LogP) is 1.82. The summed E-state index contributed by atoms with van der Waals surface area (Å²) in [5, 5.41) is 8.69. The van der Waals surface area contributed by atoms with Gasteiger partial charge in [-0.3, -0.25) is 4.90 Å². The van der Waals surface area contributed by atoms with Gasteiger partial charge in [0, 0.05) is 18.8 Å². The van der Waals surface area contributed by atoms with Gasteiger partial charge in [-0.05, 0) is 32.7 Å². The van der Waals surface area contributed by atoms with Crippen molar-refractivity contribution in [3.05, 3.63) is 0 Å². The average molecular weight is 272 g/mol. The Morgan fingerprint density at radius 2 is 2.11 bits per heavy atom. The summed E-state index contributed by atoms with van der Waals surface area (Å²) < 4.78 is 23.3. The van der Waals surface area contributed by atoms with Gasteiger partial charge in [-0.2, -0.15) is 5.26 Å². The molecule has 0 spiro atoms. The summed E-state index contributed by atoms with van der Waals surface area (Å²) >= 11 is 0. The molecule has 0 aromatic heterocycles. The third kappa shape index (κ3) is 4.25. The zero-order chi connectivity index (χ0) is 13.8. The van der Waals surface area contributed by atoms with Crippen molar-refractivity contribution in [2.75, 3.05) is 19.3 Å². The molecule has 0 aliphatic heterocycles. The predicted molar refractivity (Wildman–Crippen MR) is 72.9 cm³/mol. The molecule has 3 unspecified atom stereocenters. The molecule has 0 N–H and O–H groups in total. The standard InChI is InChI=1S/C13H24N2O2S/c1-4-15(10-11(2)9-14)12-6-5-7-13(8-12)18(3,16)17/h11-13H,4-8,10H2,1-3H3. The van der Waals surface area contributed by atoms with Crippen LogP contribution in [-0.4, -0.2) is 44.0 Å². The Kier molecular flexibility index (Phi) is 5.61. The van der Waals surface area contributed by atoms with Gasteiger partial charge in [-0.15, -0.1) is 0 Å². The van der Waals surface area contributed by atoms with Crippen LogP contribution >= 0.6 is 0 Å². The molecular weight excluding hydrogens is 248 g/mol. The van der Waals surface area contributed by atoms with Crippen molar-refractivity contribution in [1.82, 2.24) is 4.90 Å². The summed E-state index contributed by atoms with van der Waals surface area (Å²) in [5.74, 6) is 0.00330. The number of hydrogen-bond acceptors (Lipinski definition) is 4. The first-order chi connectivity index (χ1) is 8.38. The van der Waals surface area contributed by atoms with Gasteiger partial charge < -0.3 is 0 Å². The summed E-state index contributed by atoms with van der Waals surface area (Å²) in [6.45, 7) is 5.62. The molecule has 0 heterocycles. The van der Waals surface area contributed by atoms with Crippen molar-refractivity contribution in [3.63, 3.8) is 0 Å². The van der Waals surface area contributed by atoms with Crippen LogP contribution in [0.5, 0.6) is 0 Å². The van der Waals surface area contributed by atoms with Crippen LogP contribution in [0.25, 0.3) is 0 Å². The van der Waals surface area contributed by atoms with Crippen LogP contribution in [0, 0.1) is 17.2 Å². The first-order valence-corrected chi connectivity index (χ1v) is 8.66. The van der Waals surface area contributed by atoms with Crippen LogP contribution in [0.4, 0.5) is 0 Å². The highest BCUT2D eigenvalue weighted by Gasteiger charge is 2.31. The molecule has 0 radical (unpaired) electrons. The lowest BCUT2D eigenvalue weighted by molar-refractivity contribution is 0.154. The fourth-order valence-electron chi connectivity index (χ4n) is 2.77. The van der Waals surface area contributed by atoms with E-state index in [-0.39, 0.29) is 11.2 Å². The lowest BCUT2D eigenvalue weighted by atomic mass is 9.93. The van der Waals surface area contributed by atoms with Gasteiger partial charge in [-0.25, -0.2) is 8.42 Å². The molecule has 0 amide bonds. The molecule has 1 aliphatic carbocycles. The molecule has 1 rings (SSSR count). The van der Waals surface area contributed by atoms with Crippen molar-refractivity contribution < 1.29 is 8.42 Å². The van der Waals surface area contributed by atoms with Crippen molar-refractivity contribution in [1.29, 1.82) is 5.26 Å². The maximum atomic E-state index is 11.7. The van der Waals surface area contributed by atoms with E-state index in [1.807, 2.05) is 6.92 Å². The molecule has 0 aromatic rings. The molecule has 0 aromatic carbocycles. The molecule has 1 fully saturated rings. The molecule has 1 aliphatic rings. The van der Waals surface area contributed by atoms with E-state index in [1.165, 1.54) is 6.26 Å². The molecule has 18 heavy (non-hydrogen) atoms. The highest BCUT2D eigenvalue weighted by molar-refractivity contribution is 7.91. The van der Waals surface area contributed by atoms with E-state index in [0.717, 1.165) is 38.8 Å². The van der Waals surface area contributed by atoms with Crippen molar-refractivity contribution in [2.45, 2.75) is 50.8 Å². The van der Waals surface area contributed by atoms with E-state index < -0.39 is 9.84 Å². The SMILES string of the molecule is CCN(CC(C)C#N)C1CCCC(S(C)(=O)=O)C1. The Balaban J connectivity index is 2.67. The lowest BCUT2D eigenvalue weighted by Crippen LogP contribution is -2.43. The molecule has 104 valence electrons. The largest absolute Gasteiger partial charge is 0.299 e. The van der Waals surface area contributed by atoms with E-state index >= 15 is 0 Å². The van der Waals surface area contributed by atoms with Gasteiger partial charge in [0.2, 0.25) is 0 Å². The first-order valence-electron chi connectivity index (χ1n) is 6.71. The van der Waals surface area contributed by atoms with Crippen LogP contribution in [0.3, 0.4) is 0 Å². The highest BCUT2D eigenvalue weighted by Crippen LogP contribution is 2.27. The number of hydrogen-bond donors (Lipinski definition) is 0. The summed E-state index contributed by atoms with van der Waals surface area (Å²) in [5.41, 5.74) is 0. The fraction of sp³-hybridized carbons (Fsp3) is 0.923. The Morgan fingerprint density at radius 1 is 1.44 bits per heavy atom. The van der Waals surface area contributed by atoms with Gasteiger partial charge in [0.15, 0.2) is 0 Å². The van der Waals surface area contributed by atoms with E-state index in [4.69, 9.17) is 5.26 Å². The van der Waals surface area contributed by atoms with Crippen molar-refractivity contribution in [2.24, 2.45) is 5.92 Å². The van der Waals surface area contributed by atoms with Gasteiger partial charge >= 0.3 is 0 Å². The molecule has 3 atom stereocenters. The maximum absolute atomic E-state index is 11.7. The summed E-state index contributed by atoms with van der Waals surface area (Å²) in [6, 6.07) is 2.57. The average Bonchev–Trinajstić information content (AvgIpc) is 2.34. The van der Waals surface area contributed by atoms with E-state index in [2.05, 4.69) is 17.9 Å². The monoisotopic (exact) mass is 272 g/mol. The summed E-state index contributed by atoms with van der Waals surface area (Å²) in [6.07, 6.45) is 4.89. The minimum atomic E-state index is -2.93. The smallest absolute Gasteiger partial charge is 0.150 e. The maximum Gasteiger partial charge on any atom is 0.150 e. The second kappa shape index (κ2) is 6.53. The Bertz CT molecular complexity index is 400. The summed E-state index contributed by atoms with van der Waals surface area (Å²) in [7, 11) is -2.93. The molecule has 1 saturated carbocycles. The Hall–Kier alpha value is -0.600. The van der Waals surface area contributed by atoms with Gasteiger partial charge in [-0.1, -0.05) is 13.3 Å². The topological polar surface area (TPSA) is 61.2 Å². The molecule has 0 saturated heterocycles. The lowest BCUT2D eigenvalue weighted by Gasteiger charge is -2.36. The fourth-order valence-corrected chi connectivity index (χ4v) is 3.94. The van der Waals surface area contributed by atoms with Gasteiger partial charge in [0.1, 0.15) is 9.84 Å². The minimum Gasteiger partial charge on any atom is -0.299 e. The van der Waals surface area contributed by atoms with Crippen LogP contribution < -0.4 is 0 Å². The van der Waals surface area contributed by atoms with E-state index in [9.17, 15) is 8.42 Å². The van der Waals surface area contributed by atoms with Crippen LogP contribution in [-0.2, 0) is 9.84 Å². The zero-order valence-electron chi connectivity index (χ0n) is 11.6. The minimum absolute atomic E-state index is 0.00330. The first kappa shape index (κ1) is 15.5. The van der Waals surface area contributed by atoms with Crippen LogP contribution in [0.2, 0.25) is 0 Å². The molecule has 0 bridgehead atoms. The number of nitriles is 1. The van der Waals surface area contributed by atoms with E-state index in [0.29, 0.717) is 6.04 Å². The molecular formula is C13H24N2O2S. The van der Waals surface area contributed by atoms with Crippen molar-refractivity contribution >= 4 is 9.84 Å². The van der Waals surface area contributed by atoms with Gasteiger partial charge in [0.05, 0.1) is 17.2 Å². The second-order valence-corrected chi connectivity index (χ2v) is 7.72. The Labute approximate surface area is 111 Å². The third-order valence-corrected chi connectivity index (χ3v) is 5.49. The van der Waals surface area contributed by atoms with Crippen LogP contribution in [0.15, 0.2) is 0 Å². The third-order valence-electron chi connectivity index (χ3n) is 3.86. The normalized spacial score (nSPS) is 26.8. The Morgan fingerprint density at radius 3 is 2.61 bits per heavy atom.